The SMILES string of the molecule is COC(=O)c1ccccc1NCCC(=O)Nc1ccccc1N1CCOCC1. The summed E-state index contributed by atoms with van der Waals surface area (Å²) >= 11 is 0. The maximum Gasteiger partial charge on any atom is 0.339 e. The number of carbonyl (C=O) groups is 2. The Labute approximate surface area is 164 Å². The number of amides is 1. The number of nitrogens with zero attached hydrogens (tertiary/aromatic N) is 1. The van der Waals surface area contributed by atoms with Crippen LogP contribution in [-0.2, 0) is 14.3 Å². The van der Waals surface area contributed by atoms with Gasteiger partial charge in [0.05, 0.1) is 37.3 Å². The van der Waals surface area contributed by atoms with Crippen molar-refractivity contribution in [1.82, 2.24) is 0 Å². The summed E-state index contributed by atoms with van der Waals surface area (Å²) in [6.07, 6.45) is 0.271. The van der Waals surface area contributed by atoms with Crippen LogP contribution in [0.15, 0.2) is 48.5 Å². The van der Waals surface area contributed by atoms with Crippen LogP contribution in [0.2, 0.25) is 0 Å². The maximum absolute atomic E-state index is 12.4. The quantitative estimate of drug-likeness (QED) is 0.716. The van der Waals surface area contributed by atoms with Crippen molar-refractivity contribution in [2.75, 3.05) is 55.5 Å². The highest BCUT2D eigenvalue weighted by atomic mass is 16.5. The third kappa shape index (κ3) is 5.01. The Hall–Kier alpha value is -3.06. The Morgan fingerprint density at radius 2 is 1.71 bits per heavy atom. The van der Waals surface area contributed by atoms with Gasteiger partial charge in [-0.1, -0.05) is 24.3 Å². The minimum absolute atomic E-state index is 0.0937. The molecule has 1 fully saturated rings. The van der Waals surface area contributed by atoms with Gasteiger partial charge in [-0.05, 0) is 24.3 Å². The first kappa shape index (κ1) is 19.7. The van der Waals surface area contributed by atoms with Crippen molar-refractivity contribution in [2.45, 2.75) is 6.42 Å². The number of benzene rings is 2. The van der Waals surface area contributed by atoms with Crippen LogP contribution in [0.1, 0.15) is 16.8 Å². The molecule has 1 aliphatic rings. The van der Waals surface area contributed by atoms with Crippen LogP contribution in [0.4, 0.5) is 17.1 Å². The highest BCUT2D eigenvalue weighted by Gasteiger charge is 2.16. The standard InChI is InChI=1S/C21H25N3O4/c1-27-21(26)16-6-2-3-7-17(16)22-11-10-20(25)23-18-8-4-5-9-19(18)24-12-14-28-15-13-24/h2-9,22H,10-15H2,1H3,(H,23,25). The fourth-order valence-corrected chi connectivity index (χ4v) is 3.11. The van der Waals surface area contributed by atoms with E-state index in [9.17, 15) is 9.59 Å². The largest absolute Gasteiger partial charge is 0.465 e. The molecule has 7 heteroatoms. The fraction of sp³-hybridized carbons (Fsp3) is 0.333. The number of morpholine rings is 1. The number of methoxy groups -OCH3 is 1. The van der Waals surface area contributed by atoms with Crippen molar-refractivity contribution in [1.29, 1.82) is 0 Å². The number of para-hydroxylation sites is 3. The van der Waals surface area contributed by atoms with Crippen LogP contribution >= 0.6 is 0 Å². The van der Waals surface area contributed by atoms with Crippen molar-refractivity contribution in [3.8, 4) is 0 Å². The van der Waals surface area contributed by atoms with Crippen LogP contribution in [0.25, 0.3) is 0 Å². The number of nitrogens with one attached hydrogen (secondary N) is 2. The maximum atomic E-state index is 12.4. The second-order valence-electron chi connectivity index (χ2n) is 6.38. The summed E-state index contributed by atoms with van der Waals surface area (Å²) in [4.78, 5) is 26.4. The first-order valence-electron chi connectivity index (χ1n) is 9.32. The molecule has 0 atom stereocenters. The molecule has 1 saturated heterocycles. The molecule has 0 unspecified atom stereocenters. The Morgan fingerprint density at radius 1 is 1.04 bits per heavy atom. The first-order chi connectivity index (χ1) is 13.7. The lowest BCUT2D eigenvalue weighted by Gasteiger charge is -2.30. The molecule has 7 nitrogen and oxygen atoms in total. The lowest BCUT2D eigenvalue weighted by atomic mass is 10.1. The Morgan fingerprint density at radius 3 is 2.46 bits per heavy atom. The molecule has 0 bridgehead atoms. The summed E-state index contributed by atoms with van der Waals surface area (Å²) in [6.45, 7) is 3.38. The van der Waals surface area contributed by atoms with E-state index in [1.807, 2.05) is 30.3 Å². The summed E-state index contributed by atoms with van der Waals surface area (Å²) in [6, 6.07) is 14.9. The van der Waals surface area contributed by atoms with Crippen molar-refractivity contribution in [3.63, 3.8) is 0 Å². The third-order valence-electron chi connectivity index (χ3n) is 4.53. The van der Waals surface area contributed by atoms with Crippen LogP contribution in [-0.4, -0.2) is 51.8 Å². The Bertz CT molecular complexity index is 819. The molecule has 2 aromatic carbocycles. The van der Waals surface area contributed by atoms with E-state index in [1.165, 1.54) is 7.11 Å². The van der Waals surface area contributed by atoms with E-state index in [4.69, 9.17) is 9.47 Å². The van der Waals surface area contributed by atoms with E-state index >= 15 is 0 Å². The van der Waals surface area contributed by atoms with Gasteiger partial charge in [0.15, 0.2) is 0 Å². The summed E-state index contributed by atoms with van der Waals surface area (Å²) in [5.41, 5.74) is 2.89. The molecule has 1 heterocycles. The topological polar surface area (TPSA) is 79.9 Å². The molecule has 0 saturated carbocycles. The van der Waals surface area contributed by atoms with Crippen molar-refractivity contribution >= 4 is 28.9 Å². The average molecular weight is 383 g/mol. The molecular formula is C21H25N3O4. The molecule has 2 N–H and O–H groups in total. The van der Waals surface area contributed by atoms with Crippen molar-refractivity contribution in [3.05, 3.63) is 54.1 Å². The normalized spacial score (nSPS) is 13.7. The molecule has 2 aromatic rings. The van der Waals surface area contributed by atoms with Crippen LogP contribution in [0, 0.1) is 0 Å². The molecular weight excluding hydrogens is 358 g/mol. The number of rotatable bonds is 7. The minimum Gasteiger partial charge on any atom is -0.465 e. The van der Waals surface area contributed by atoms with Gasteiger partial charge in [-0.15, -0.1) is 0 Å². The monoisotopic (exact) mass is 383 g/mol. The smallest absolute Gasteiger partial charge is 0.339 e. The van der Waals surface area contributed by atoms with E-state index < -0.39 is 5.97 Å². The summed E-state index contributed by atoms with van der Waals surface area (Å²) in [7, 11) is 1.35. The predicted octanol–water partition coefficient (Wildman–Crippen LogP) is 2.75. The van der Waals surface area contributed by atoms with Gasteiger partial charge in [0.1, 0.15) is 0 Å². The molecule has 0 aliphatic carbocycles. The van der Waals surface area contributed by atoms with E-state index in [-0.39, 0.29) is 12.3 Å². The molecule has 148 valence electrons. The van der Waals surface area contributed by atoms with Gasteiger partial charge in [-0.3, -0.25) is 4.79 Å². The molecule has 0 spiro atoms. The molecule has 0 radical (unpaired) electrons. The molecule has 1 aliphatic heterocycles. The highest BCUT2D eigenvalue weighted by Crippen LogP contribution is 2.26. The second kappa shape index (κ2) is 9.75. The number of carbonyl (C=O) groups excluding carboxylic acids is 2. The zero-order chi connectivity index (χ0) is 19.8. The van der Waals surface area contributed by atoms with Crippen LogP contribution < -0.4 is 15.5 Å². The van der Waals surface area contributed by atoms with E-state index in [1.54, 1.807) is 18.2 Å². The lowest BCUT2D eigenvalue weighted by Crippen LogP contribution is -2.36. The fourth-order valence-electron chi connectivity index (χ4n) is 3.11. The van der Waals surface area contributed by atoms with Gasteiger partial charge < -0.3 is 25.0 Å². The zero-order valence-corrected chi connectivity index (χ0v) is 15.9. The molecule has 3 rings (SSSR count). The van der Waals surface area contributed by atoms with Crippen molar-refractivity contribution in [2.24, 2.45) is 0 Å². The van der Waals surface area contributed by atoms with Crippen LogP contribution in [0.3, 0.4) is 0 Å². The van der Waals surface area contributed by atoms with Gasteiger partial charge in [0.25, 0.3) is 0 Å². The summed E-state index contributed by atoms with van der Waals surface area (Å²) in [5.74, 6) is -0.504. The number of hydrogen-bond acceptors (Lipinski definition) is 6. The molecule has 1 amide bonds. The molecule has 28 heavy (non-hydrogen) atoms. The van der Waals surface area contributed by atoms with E-state index in [2.05, 4.69) is 15.5 Å². The first-order valence-corrected chi connectivity index (χ1v) is 9.32. The number of ether oxygens (including phenoxy) is 2. The lowest BCUT2D eigenvalue weighted by molar-refractivity contribution is -0.115. The van der Waals surface area contributed by atoms with Crippen LogP contribution in [0.5, 0.6) is 0 Å². The Kier molecular flexibility index (Phi) is 6.86. The minimum atomic E-state index is -0.410. The van der Waals surface area contributed by atoms with Gasteiger partial charge >= 0.3 is 5.97 Å². The van der Waals surface area contributed by atoms with Gasteiger partial charge in [0, 0.05) is 31.7 Å². The third-order valence-corrected chi connectivity index (χ3v) is 4.53. The highest BCUT2D eigenvalue weighted by molar-refractivity contribution is 5.96. The van der Waals surface area contributed by atoms with Crippen molar-refractivity contribution < 1.29 is 19.1 Å². The van der Waals surface area contributed by atoms with E-state index in [0.29, 0.717) is 31.0 Å². The van der Waals surface area contributed by atoms with Gasteiger partial charge in [-0.2, -0.15) is 0 Å². The zero-order valence-electron chi connectivity index (χ0n) is 15.9. The van der Waals surface area contributed by atoms with Gasteiger partial charge in [0.2, 0.25) is 5.91 Å². The second-order valence-corrected chi connectivity index (χ2v) is 6.38. The number of esters is 1. The predicted molar refractivity (Wildman–Crippen MR) is 109 cm³/mol. The summed E-state index contributed by atoms with van der Waals surface area (Å²) < 4.78 is 10.2. The number of hydrogen-bond donors (Lipinski definition) is 2. The average Bonchev–Trinajstić information content (AvgIpc) is 2.74. The number of anilines is 3. The Balaban J connectivity index is 1.57. The van der Waals surface area contributed by atoms with Gasteiger partial charge in [-0.25, -0.2) is 4.79 Å². The van der Waals surface area contributed by atoms with E-state index in [0.717, 1.165) is 24.5 Å². The summed E-state index contributed by atoms with van der Waals surface area (Å²) in [5, 5.41) is 6.12. The molecule has 0 aromatic heterocycles.